The van der Waals surface area contributed by atoms with E-state index in [9.17, 15) is 4.39 Å². The molecule has 0 aromatic heterocycles. The molecule has 0 amide bonds. The van der Waals surface area contributed by atoms with E-state index in [1.807, 2.05) is 6.08 Å². The largest absolute Gasteiger partial charge is 0.346 e. The second kappa shape index (κ2) is 3.48. The summed E-state index contributed by atoms with van der Waals surface area (Å²) in [4.78, 5) is 0. The van der Waals surface area contributed by atoms with Gasteiger partial charge in [0.05, 0.1) is 0 Å². The molecule has 78 valence electrons. The Bertz CT molecular complexity index is 287. The molecule has 0 spiro atoms. The Labute approximate surface area is 83.6 Å². The number of halogens is 1. The van der Waals surface area contributed by atoms with Gasteiger partial charge in [-0.25, -0.2) is 4.39 Å². The quantitative estimate of drug-likeness (QED) is 0.697. The maximum absolute atomic E-state index is 14.2. The minimum atomic E-state index is -1.64. The molecule has 3 atom stereocenters. The highest BCUT2D eigenvalue weighted by Gasteiger charge is 2.43. The molecular formula is C11H16FNO. The fraction of sp³-hybridized carbons (Fsp3) is 0.636. The molecular weight excluding hydrogens is 181 g/mol. The second-order valence-electron chi connectivity index (χ2n) is 4.02. The summed E-state index contributed by atoms with van der Waals surface area (Å²) in [5.74, 6) is -1.82. The SMILES string of the molecule is COC1(F)C=CC=C2C(N)CCCC21. The summed E-state index contributed by atoms with van der Waals surface area (Å²) in [7, 11) is 1.41. The van der Waals surface area contributed by atoms with E-state index in [2.05, 4.69) is 0 Å². The van der Waals surface area contributed by atoms with Crippen molar-refractivity contribution in [2.45, 2.75) is 31.2 Å². The molecule has 1 fully saturated rings. The first-order chi connectivity index (χ1) is 6.67. The van der Waals surface area contributed by atoms with Crippen LogP contribution in [0, 0.1) is 5.92 Å². The minimum Gasteiger partial charge on any atom is -0.346 e. The number of nitrogens with two attached hydrogens (primary N) is 1. The van der Waals surface area contributed by atoms with E-state index in [0.29, 0.717) is 0 Å². The second-order valence-corrected chi connectivity index (χ2v) is 4.02. The average Bonchev–Trinajstić information content (AvgIpc) is 2.20. The van der Waals surface area contributed by atoms with Crippen molar-refractivity contribution < 1.29 is 9.13 Å². The molecule has 2 rings (SSSR count). The van der Waals surface area contributed by atoms with Crippen molar-refractivity contribution in [3.8, 4) is 0 Å². The molecule has 0 bridgehead atoms. The van der Waals surface area contributed by atoms with Gasteiger partial charge in [-0.2, -0.15) is 0 Å². The lowest BCUT2D eigenvalue weighted by atomic mass is 9.74. The Morgan fingerprint density at radius 1 is 1.57 bits per heavy atom. The predicted octanol–water partition coefficient (Wildman–Crippen LogP) is 1.92. The Kier molecular flexibility index (Phi) is 2.45. The first kappa shape index (κ1) is 9.87. The van der Waals surface area contributed by atoms with E-state index in [1.54, 1.807) is 6.08 Å². The van der Waals surface area contributed by atoms with E-state index in [4.69, 9.17) is 10.5 Å². The lowest BCUT2D eigenvalue weighted by Crippen LogP contribution is -2.43. The van der Waals surface area contributed by atoms with Crippen LogP contribution in [0.1, 0.15) is 19.3 Å². The number of ether oxygens (including phenoxy) is 1. The molecule has 0 heterocycles. The highest BCUT2D eigenvalue weighted by Crippen LogP contribution is 2.42. The summed E-state index contributed by atoms with van der Waals surface area (Å²) in [5, 5.41) is 0. The number of alkyl halides is 1. The van der Waals surface area contributed by atoms with Crippen LogP contribution in [0.4, 0.5) is 4.39 Å². The number of allylic oxidation sites excluding steroid dienone is 2. The van der Waals surface area contributed by atoms with Crippen molar-refractivity contribution in [2.24, 2.45) is 11.7 Å². The first-order valence-corrected chi connectivity index (χ1v) is 5.06. The molecule has 2 aliphatic rings. The first-order valence-electron chi connectivity index (χ1n) is 5.06. The molecule has 1 saturated carbocycles. The molecule has 0 aliphatic heterocycles. The standard InChI is InChI=1S/C11H16FNO/c1-14-11(12)7-3-4-8-9(11)5-2-6-10(8)13/h3-4,7,9-10H,2,5-6,13H2,1H3. The zero-order valence-corrected chi connectivity index (χ0v) is 8.37. The van der Waals surface area contributed by atoms with Gasteiger partial charge in [0.15, 0.2) is 0 Å². The summed E-state index contributed by atoms with van der Waals surface area (Å²) in [6.07, 6.45) is 7.89. The van der Waals surface area contributed by atoms with Gasteiger partial charge in [-0.3, -0.25) is 0 Å². The molecule has 2 aliphatic carbocycles. The van der Waals surface area contributed by atoms with Gasteiger partial charge >= 0.3 is 0 Å². The van der Waals surface area contributed by atoms with Crippen LogP contribution >= 0.6 is 0 Å². The molecule has 0 aromatic rings. The summed E-state index contributed by atoms with van der Waals surface area (Å²) in [5.41, 5.74) is 6.94. The van der Waals surface area contributed by atoms with Crippen molar-refractivity contribution in [1.29, 1.82) is 0 Å². The Morgan fingerprint density at radius 3 is 3.07 bits per heavy atom. The topological polar surface area (TPSA) is 35.2 Å². The molecule has 3 unspecified atom stereocenters. The minimum absolute atomic E-state index is 0.00368. The van der Waals surface area contributed by atoms with Gasteiger partial charge in [0.1, 0.15) is 0 Å². The highest BCUT2D eigenvalue weighted by molar-refractivity contribution is 5.31. The van der Waals surface area contributed by atoms with Gasteiger partial charge in [0, 0.05) is 19.1 Å². The van der Waals surface area contributed by atoms with Crippen LogP contribution < -0.4 is 5.73 Å². The van der Waals surface area contributed by atoms with E-state index in [-0.39, 0.29) is 12.0 Å². The zero-order chi connectivity index (χ0) is 10.2. The third kappa shape index (κ3) is 1.41. The van der Waals surface area contributed by atoms with E-state index < -0.39 is 5.85 Å². The van der Waals surface area contributed by atoms with Gasteiger partial charge in [-0.15, -0.1) is 0 Å². The fourth-order valence-electron chi connectivity index (χ4n) is 2.41. The molecule has 3 heteroatoms. The van der Waals surface area contributed by atoms with Crippen LogP contribution in [0.15, 0.2) is 23.8 Å². The van der Waals surface area contributed by atoms with Crippen molar-refractivity contribution >= 4 is 0 Å². The third-order valence-electron chi connectivity index (χ3n) is 3.24. The average molecular weight is 197 g/mol. The van der Waals surface area contributed by atoms with Crippen molar-refractivity contribution in [2.75, 3.05) is 7.11 Å². The lowest BCUT2D eigenvalue weighted by Gasteiger charge is -2.39. The third-order valence-corrected chi connectivity index (χ3v) is 3.24. The van der Waals surface area contributed by atoms with Crippen molar-refractivity contribution in [3.05, 3.63) is 23.8 Å². The molecule has 2 N–H and O–H groups in total. The molecule has 0 radical (unpaired) electrons. The smallest absolute Gasteiger partial charge is 0.235 e. The van der Waals surface area contributed by atoms with Crippen LogP contribution in [0.5, 0.6) is 0 Å². The van der Waals surface area contributed by atoms with Gasteiger partial charge in [-0.1, -0.05) is 18.6 Å². The molecule has 14 heavy (non-hydrogen) atoms. The number of fused-ring (bicyclic) bond motifs is 1. The maximum atomic E-state index is 14.2. The number of hydrogen-bond donors (Lipinski definition) is 1. The Hall–Kier alpha value is -0.670. The van der Waals surface area contributed by atoms with Crippen molar-refractivity contribution in [3.63, 3.8) is 0 Å². The van der Waals surface area contributed by atoms with Crippen LogP contribution in [0.2, 0.25) is 0 Å². The Morgan fingerprint density at radius 2 is 2.36 bits per heavy atom. The highest BCUT2D eigenvalue weighted by atomic mass is 19.2. The van der Waals surface area contributed by atoms with Crippen LogP contribution in [-0.4, -0.2) is 19.0 Å². The summed E-state index contributed by atoms with van der Waals surface area (Å²) < 4.78 is 19.2. The normalized spacial score (nSPS) is 41.8. The number of rotatable bonds is 1. The monoisotopic (exact) mass is 197 g/mol. The number of methoxy groups -OCH3 is 1. The zero-order valence-electron chi connectivity index (χ0n) is 8.37. The van der Waals surface area contributed by atoms with Crippen LogP contribution in [-0.2, 0) is 4.74 Å². The summed E-state index contributed by atoms with van der Waals surface area (Å²) in [6.45, 7) is 0. The maximum Gasteiger partial charge on any atom is 0.235 e. The van der Waals surface area contributed by atoms with Crippen molar-refractivity contribution in [1.82, 2.24) is 0 Å². The molecule has 0 saturated heterocycles. The van der Waals surface area contributed by atoms with Crippen LogP contribution in [0.25, 0.3) is 0 Å². The Balaban J connectivity index is 2.30. The van der Waals surface area contributed by atoms with Gasteiger partial charge in [0.25, 0.3) is 0 Å². The molecule has 2 nitrogen and oxygen atoms in total. The summed E-state index contributed by atoms with van der Waals surface area (Å²) >= 11 is 0. The fourth-order valence-corrected chi connectivity index (χ4v) is 2.41. The van der Waals surface area contributed by atoms with E-state index >= 15 is 0 Å². The predicted molar refractivity (Wildman–Crippen MR) is 53.4 cm³/mol. The van der Waals surface area contributed by atoms with Gasteiger partial charge in [0.2, 0.25) is 5.85 Å². The van der Waals surface area contributed by atoms with Crippen LogP contribution in [0.3, 0.4) is 0 Å². The van der Waals surface area contributed by atoms with Gasteiger partial charge < -0.3 is 10.5 Å². The van der Waals surface area contributed by atoms with E-state index in [1.165, 1.54) is 13.2 Å². The van der Waals surface area contributed by atoms with Gasteiger partial charge in [-0.05, 0) is 24.5 Å². The van der Waals surface area contributed by atoms with E-state index in [0.717, 1.165) is 24.8 Å². The lowest BCUT2D eigenvalue weighted by molar-refractivity contribution is -0.119. The number of hydrogen-bond acceptors (Lipinski definition) is 2. The summed E-state index contributed by atoms with van der Waals surface area (Å²) in [6, 6.07) is 0.00368. The molecule has 0 aromatic carbocycles.